The van der Waals surface area contributed by atoms with E-state index in [2.05, 4.69) is 21.9 Å². The number of carbonyl (C=O) groups is 1. The smallest absolute Gasteiger partial charge is 0.233 e. The van der Waals surface area contributed by atoms with Crippen LogP contribution in [-0.4, -0.2) is 67.2 Å². The molecule has 0 radical (unpaired) electrons. The summed E-state index contributed by atoms with van der Waals surface area (Å²) in [5.74, 6) is 1.17. The van der Waals surface area contributed by atoms with E-state index in [0.717, 1.165) is 63.1 Å². The van der Waals surface area contributed by atoms with Gasteiger partial charge in [0.1, 0.15) is 5.75 Å². The van der Waals surface area contributed by atoms with Crippen molar-refractivity contribution in [2.45, 2.75) is 68.4 Å². The lowest BCUT2D eigenvalue weighted by Gasteiger charge is -2.48. The second-order valence-corrected chi connectivity index (χ2v) is 9.52. The van der Waals surface area contributed by atoms with E-state index in [9.17, 15) is 4.79 Å². The van der Waals surface area contributed by atoms with E-state index in [1.165, 1.54) is 32.4 Å². The van der Waals surface area contributed by atoms with Crippen LogP contribution >= 0.6 is 0 Å². The topological polar surface area (TPSA) is 42.0 Å². The monoisotopic (exact) mass is 398 g/mol. The summed E-state index contributed by atoms with van der Waals surface area (Å²) in [5, 5.41) is 0. The maximum atomic E-state index is 13.4. The van der Waals surface area contributed by atoms with Gasteiger partial charge in [0.05, 0.1) is 18.1 Å². The third-order valence-electron chi connectivity index (χ3n) is 7.89. The van der Waals surface area contributed by atoms with Crippen LogP contribution in [0.3, 0.4) is 0 Å². The van der Waals surface area contributed by atoms with Gasteiger partial charge >= 0.3 is 0 Å². The molecule has 3 saturated heterocycles. The molecule has 0 N–H and O–H groups in total. The summed E-state index contributed by atoms with van der Waals surface area (Å²) in [4.78, 5) is 18.2. The number of methoxy groups -OCH3 is 1. The number of nitrogens with zero attached hydrogens (tertiary/aromatic N) is 2. The number of hydrogen-bond acceptors (Lipinski definition) is 4. The molecule has 4 aliphatic rings. The van der Waals surface area contributed by atoms with Gasteiger partial charge in [0.2, 0.25) is 5.91 Å². The summed E-state index contributed by atoms with van der Waals surface area (Å²) in [5.41, 5.74) is 0.855. The van der Waals surface area contributed by atoms with E-state index >= 15 is 0 Å². The minimum absolute atomic E-state index is 0.000879. The van der Waals surface area contributed by atoms with Crippen molar-refractivity contribution < 1.29 is 14.3 Å². The van der Waals surface area contributed by atoms with Gasteiger partial charge in [-0.25, -0.2) is 0 Å². The molecule has 1 amide bonds. The molecule has 1 aromatic rings. The molecule has 5 rings (SSSR count). The Kier molecular flexibility index (Phi) is 5.07. The SMILES string of the molecule is COc1ccc(C2(C(=O)N3CCC4(CC3)CC(N3CCCC3)CCO4)CC2)cc1. The Morgan fingerprint density at radius 2 is 1.72 bits per heavy atom. The lowest BCUT2D eigenvalue weighted by atomic mass is 9.81. The number of likely N-dealkylation sites (tertiary alicyclic amines) is 2. The van der Waals surface area contributed by atoms with Crippen molar-refractivity contribution in [3.05, 3.63) is 29.8 Å². The van der Waals surface area contributed by atoms with Crippen molar-refractivity contribution >= 4 is 5.91 Å². The number of carbonyl (C=O) groups excluding carboxylic acids is 1. The number of piperidine rings is 1. The van der Waals surface area contributed by atoms with Crippen LogP contribution in [0, 0.1) is 0 Å². The highest BCUT2D eigenvalue weighted by Crippen LogP contribution is 2.50. The first kappa shape index (κ1) is 19.4. The van der Waals surface area contributed by atoms with Crippen LogP contribution in [0.15, 0.2) is 24.3 Å². The van der Waals surface area contributed by atoms with Gasteiger partial charge in [-0.15, -0.1) is 0 Å². The average Bonchev–Trinajstić information content (AvgIpc) is 3.39. The zero-order valence-electron chi connectivity index (χ0n) is 17.7. The van der Waals surface area contributed by atoms with Crippen LogP contribution in [0.1, 0.15) is 56.9 Å². The van der Waals surface area contributed by atoms with Gasteiger partial charge in [0.25, 0.3) is 0 Å². The highest BCUT2D eigenvalue weighted by atomic mass is 16.5. The molecule has 1 aromatic carbocycles. The van der Waals surface area contributed by atoms with Crippen LogP contribution in [0.2, 0.25) is 0 Å². The fourth-order valence-electron chi connectivity index (χ4n) is 5.85. The summed E-state index contributed by atoms with van der Waals surface area (Å²) in [6.45, 7) is 5.07. The van der Waals surface area contributed by atoms with Crippen molar-refractivity contribution in [1.29, 1.82) is 0 Å². The molecule has 29 heavy (non-hydrogen) atoms. The molecule has 1 saturated carbocycles. The standard InChI is InChI=1S/C24H34N2O3/c1-28-21-6-4-19(5-7-21)24(9-10-24)22(27)26-15-11-23(12-16-26)18-20(8-17-29-23)25-13-2-3-14-25/h4-7,20H,2-3,8-18H2,1H3. The van der Waals surface area contributed by atoms with Gasteiger partial charge in [-0.3, -0.25) is 4.79 Å². The lowest BCUT2D eigenvalue weighted by molar-refractivity contribution is -0.150. The molecule has 5 nitrogen and oxygen atoms in total. The molecule has 1 spiro atoms. The van der Waals surface area contributed by atoms with E-state index in [4.69, 9.17) is 9.47 Å². The minimum atomic E-state index is -0.289. The summed E-state index contributed by atoms with van der Waals surface area (Å²) < 4.78 is 11.6. The van der Waals surface area contributed by atoms with E-state index in [0.29, 0.717) is 11.9 Å². The minimum Gasteiger partial charge on any atom is -0.497 e. The highest BCUT2D eigenvalue weighted by molar-refractivity contribution is 5.91. The maximum Gasteiger partial charge on any atom is 0.233 e. The molecule has 3 heterocycles. The Bertz CT molecular complexity index is 729. The lowest BCUT2D eigenvalue weighted by Crippen LogP contribution is -2.55. The third kappa shape index (κ3) is 3.57. The second-order valence-electron chi connectivity index (χ2n) is 9.52. The number of ether oxygens (including phenoxy) is 2. The van der Waals surface area contributed by atoms with Crippen molar-refractivity contribution in [2.24, 2.45) is 0 Å². The average molecular weight is 399 g/mol. The van der Waals surface area contributed by atoms with Crippen LogP contribution in [0.4, 0.5) is 0 Å². The number of hydrogen-bond donors (Lipinski definition) is 0. The van der Waals surface area contributed by atoms with E-state index < -0.39 is 0 Å². The van der Waals surface area contributed by atoms with Crippen molar-refractivity contribution in [1.82, 2.24) is 9.80 Å². The molecular weight excluding hydrogens is 364 g/mol. The van der Waals surface area contributed by atoms with Gasteiger partial charge in [-0.05, 0) is 82.2 Å². The maximum absolute atomic E-state index is 13.4. The first-order chi connectivity index (χ1) is 14.1. The Morgan fingerprint density at radius 1 is 1.03 bits per heavy atom. The molecule has 0 bridgehead atoms. The van der Waals surface area contributed by atoms with E-state index in [1.54, 1.807) is 7.11 Å². The van der Waals surface area contributed by atoms with Crippen molar-refractivity contribution in [3.8, 4) is 5.75 Å². The van der Waals surface area contributed by atoms with Crippen LogP contribution in [0.25, 0.3) is 0 Å². The summed E-state index contributed by atoms with van der Waals surface area (Å²) in [6.07, 6.45) is 8.92. The summed E-state index contributed by atoms with van der Waals surface area (Å²) >= 11 is 0. The van der Waals surface area contributed by atoms with Crippen LogP contribution in [-0.2, 0) is 14.9 Å². The van der Waals surface area contributed by atoms with E-state index in [1.807, 2.05) is 12.1 Å². The Morgan fingerprint density at radius 3 is 2.34 bits per heavy atom. The van der Waals surface area contributed by atoms with Gasteiger partial charge in [0.15, 0.2) is 0 Å². The molecule has 1 aliphatic carbocycles. The molecule has 3 aliphatic heterocycles. The first-order valence-electron chi connectivity index (χ1n) is 11.5. The normalized spacial score (nSPS) is 28.4. The molecule has 4 fully saturated rings. The van der Waals surface area contributed by atoms with Gasteiger partial charge in [-0.2, -0.15) is 0 Å². The number of amides is 1. The zero-order valence-corrected chi connectivity index (χ0v) is 17.7. The van der Waals surface area contributed by atoms with Crippen molar-refractivity contribution in [3.63, 3.8) is 0 Å². The van der Waals surface area contributed by atoms with Gasteiger partial charge in [-0.1, -0.05) is 12.1 Å². The van der Waals surface area contributed by atoms with Crippen LogP contribution < -0.4 is 4.74 Å². The Labute approximate surface area is 174 Å². The molecule has 1 atom stereocenters. The number of rotatable bonds is 4. The quantitative estimate of drug-likeness (QED) is 0.780. The zero-order chi connectivity index (χ0) is 19.9. The summed E-state index contributed by atoms with van der Waals surface area (Å²) in [7, 11) is 1.68. The molecule has 158 valence electrons. The predicted octanol–water partition coefficient (Wildman–Crippen LogP) is 3.36. The molecule has 5 heteroatoms. The number of benzene rings is 1. The largest absolute Gasteiger partial charge is 0.497 e. The molecule has 0 aromatic heterocycles. The fraction of sp³-hybridized carbons (Fsp3) is 0.708. The molecular formula is C24H34N2O3. The molecule has 1 unspecified atom stereocenters. The first-order valence-corrected chi connectivity index (χ1v) is 11.5. The Balaban J connectivity index is 1.22. The van der Waals surface area contributed by atoms with Gasteiger partial charge in [0, 0.05) is 25.7 Å². The third-order valence-corrected chi connectivity index (χ3v) is 7.89. The predicted molar refractivity (Wildman–Crippen MR) is 112 cm³/mol. The van der Waals surface area contributed by atoms with Gasteiger partial charge < -0.3 is 19.3 Å². The second kappa shape index (κ2) is 7.59. The Hall–Kier alpha value is -1.59. The van der Waals surface area contributed by atoms with Crippen molar-refractivity contribution in [2.75, 3.05) is 39.9 Å². The highest BCUT2D eigenvalue weighted by Gasteiger charge is 2.54. The van der Waals surface area contributed by atoms with E-state index in [-0.39, 0.29) is 11.0 Å². The fourth-order valence-corrected chi connectivity index (χ4v) is 5.85. The summed E-state index contributed by atoms with van der Waals surface area (Å²) in [6, 6.07) is 8.77. The van der Waals surface area contributed by atoms with Crippen LogP contribution in [0.5, 0.6) is 5.75 Å².